The number of carbonyl (C=O) groups is 3. The highest BCUT2D eigenvalue weighted by atomic mass is 16.2. The average molecular weight is 363 g/mol. The van der Waals surface area contributed by atoms with Crippen molar-refractivity contribution in [3.63, 3.8) is 0 Å². The fourth-order valence-electron chi connectivity index (χ4n) is 4.10. The van der Waals surface area contributed by atoms with Gasteiger partial charge >= 0.3 is 0 Å². The molecule has 2 aliphatic heterocycles. The van der Waals surface area contributed by atoms with E-state index >= 15 is 0 Å². The minimum Gasteiger partial charge on any atom is -0.322 e. The first-order chi connectivity index (χ1) is 13.0. The summed E-state index contributed by atoms with van der Waals surface area (Å²) in [6.07, 6.45) is 1.25. The quantitative estimate of drug-likeness (QED) is 0.912. The van der Waals surface area contributed by atoms with E-state index in [0.717, 1.165) is 12.0 Å². The van der Waals surface area contributed by atoms with Crippen molar-refractivity contribution in [1.29, 1.82) is 0 Å². The van der Waals surface area contributed by atoms with Gasteiger partial charge in [0.15, 0.2) is 0 Å². The molecule has 2 aromatic carbocycles. The molecule has 0 saturated carbocycles. The Bertz CT molecular complexity index is 955. The standard InChI is InChI=1S/C21H21N3O3/c1-3-14-8-4-6-10-16(14)22-20(27)21-13-12-18(25)24(21)17-11-7-5-9-15(17)19(26)23(21)2/h4-11H,3,12-13H2,1-2H3,(H,22,27)/t21-/m1/s1. The fraction of sp³-hybridized carbons (Fsp3) is 0.286. The molecule has 0 aliphatic carbocycles. The largest absolute Gasteiger partial charge is 0.322 e. The summed E-state index contributed by atoms with van der Waals surface area (Å²) >= 11 is 0. The van der Waals surface area contributed by atoms with Gasteiger partial charge in [0.2, 0.25) is 11.6 Å². The number of rotatable bonds is 3. The molecule has 1 atom stereocenters. The van der Waals surface area contributed by atoms with Crippen molar-refractivity contribution in [3.8, 4) is 0 Å². The molecule has 138 valence electrons. The molecule has 2 aromatic rings. The van der Waals surface area contributed by atoms with Crippen LogP contribution in [0.2, 0.25) is 0 Å². The summed E-state index contributed by atoms with van der Waals surface area (Å²) in [5.74, 6) is -0.768. The van der Waals surface area contributed by atoms with Gasteiger partial charge in [0.1, 0.15) is 0 Å². The summed E-state index contributed by atoms with van der Waals surface area (Å²) in [5.41, 5.74) is 1.31. The second kappa shape index (κ2) is 6.23. The second-order valence-electron chi connectivity index (χ2n) is 6.89. The van der Waals surface area contributed by atoms with Crippen LogP contribution >= 0.6 is 0 Å². The number of fused-ring (bicyclic) bond motifs is 3. The van der Waals surface area contributed by atoms with Gasteiger partial charge in [0, 0.05) is 25.6 Å². The molecule has 2 aliphatic rings. The topological polar surface area (TPSA) is 69.7 Å². The third-order valence-electron chi connectivity index (χ3n) is 5.55. The van der Waals surface area contributed by atoms with Gasteiger partial charge in [0.25, 0.3) is 11.8 Å². The van der Waals surface area contributed by atoms with Gasteiger partial charge in [0.05, 0.1) is 11.3 Å². The van der Waals surface area contributed by atoms with E-state index in [-0.39, 0.29) is 30.6 Å². The molecule has 0 bridgehead atoms. The normalized spacial score (nSPS) is 21.1. The van der Waals surface area contributed by atoms with Crippen LogP contribution in [0.5, 0.6) is 0 Å². The van der Waals surface area contributed by atoms with Gasteiger partial charge < -0.3 is 10.2 Å². The number of para-hydroxylation sites is 2. The third kappa shape index (κ3) is 2.36. The van der Waals surface area contributed by atoms with E-state index in [0.29, 0.717) is 16.9 Å². The van der Waals surface area contributed by atoms with E-state index in [1.165, 1.54) is 9.80 Å². The molecule has 2 heterocycles. The van der Waals surface area contributed by atoms with Crippen LogP contribution in [-0.2, 0) is 16.0 Å². The van der Waals surface area contributed by atoms with Crippen molar-refractivity contribution in [2.24, 2.45) is 0 Å². The van der Waals surface area contributed by atoms with Crippen LogP contribution in [0.15, 0.2) is 48.5 Å². The Morgan fingerprint density at radius 3 is 2.59 bits per heavy atom. The van der Waals surface area contributed by atoms with Crippen LogP contribution in [0, 0.1) is 0 Å². The molecule has 0 radical (unpaired) electrons. The molecule has 1 fully saturated rings. The summed E-state index contributed by atoms with van der Waals surface area (Å²) in [6.45, 7) is 2.02. The van der Waals surface area contributed by atoms with Crippen molar-refractivity contribution in [1.82, 2.24) is 4.90 Å². The zero-order valence-corrected chi connectivity index (χ0v) is 15.4. The number of amides is 3. The highest BCUT2D eigenvalue weighted by molar-refractivity contribution is 6.18. The predicted molar refractivity (Wildman–Crippen MR) is 102 cm³/mol. The molecule has 6 heteroatoms. The van der Waals surface area contributed by atoms with Gasteiger partial charge in [-0.25, -0.2) is 0 Å². The lowest BCUT2D eigenvalue weighted by molar-refractivity contribution is -0.128. The van der Waals surface area contributed by atoms with E-state index in [4.69, 9.17) is 0 Å². The van der Waals surface area contributed by atoms with Crippen LogP contribution in [0.4, 0.5) is 11.4 Å². The van der Waals surface area contributed by atoms with Crippen LogP contribution in [0.3, 0.4) is 0 Å². The maximum atomic E-state index is 13.5. The zero-order valence-electron chi connectivity index (χ0n) is 15.4. The minimum absolute atomic E-state index is 0.152. The molecule has 1 saturated heterocycles. The molecule has 3 amide bonds. The summed E-state index contributed by atoms with van der Waals surface area (Å²) in [6, 6.07) is 14.5. The molecular formula is C21H21N3O3. The number of hydrogen-bond donors (Lipinski definition) is 1. The Morgan fingerprint density at radius 1 is 1.11 bits per heavy atom. The van der Waals surface area contributed by atoms with Crippen molar-refractivity contribution in [2.75, 3.05) is 17.3 Å². The van der Waals surface area contributed by atoms with Crippen LogP contribution in [0.25, 0.3) is 0 Å². The maximum absolute atomic E-state index is 13.5. The Hall–Kier alpha value is -3.15. The van der Waals surface area contributed by atoms with E-state index < -0.39 is 5.66 Å². The van der Waals surface area contributed by atoms with Crippen LogP contribution < -0.4 is 10.2 Å². The Balaban J connectivity index is 1.81. The van der Waals surface area contributed by atoms with Gasteiger partial charge in [-0.3, -0.25) is 19.3 Å². The molecule has 0 spiro atoms. The predicted octanol–water partition coefficient (Wildman–Crippen LogP) is 2.80. The van der Waals surface area contributed by atoms with E-state index in [9.17, 15) is 14.4 Å². The maximum Gasteiger partial charge on any atom is 0.271 e. The second-order valence-corrected chi connectivity index (χ2v) is 6.89. The van der Waals surface area contributed by atoms with Gasteiger partial charge in [-0.05, 0) is 30.2 Å². The number of nitrogens with one attached hydrogen (secondary N) is 1. The lowest BCUT2D eigenvalue weighted by atomic mass is 9.96. The number of aryl methyl sites for hydroxylation is 1. The van der Waals surface area contributed by atoms with E-state index in [1.807, 2.05) is 31.2 Å². The SMILES string of the molecule is CCc1ccccc1NC(=O)[C@@]12CCC(=O)N1c1ccccc1C(=O)N2C. The number of nitrogens with zero attached hydrogens (tertiary/aromatic N) is 2. The third-order valence-corrected chi connectivity index (χ3v) is 5.55. The number of hydrogen-bond acceptors (Lipinski definition) is 3. The Labute approximate surface area is 157 Å². The first kappa shape index (κ1) is 17.3. The molecule has 4 rings (SSSR count). The van der Waals surface area contributed by atoms with Crippen molar-refractivity contribution in [3.05, 3.63) is 59.7 Å². The van der Waals surface area contributed by atoms with Gasteiger partial charge in [-0.1, -0.05) is 37.3 Å². The fourth-order valence-corrected chi connectivity index (χ4v) is 4.10. The van der Waals surface area contributed by atoms with Gasteiger partial charge in [-0.2, -0.15) is 0 Å². The first-order valence-corrected chi connectivity index (χ1v) is 9.10. The molecule has 6 nitrogen and oxygen atoms in total. The smallest absolute Gasteiger partial charge is 0.271 e. The summed E-state index contributed by atoms with van der Waals surface area (Å²) in [7, 11) is 1.59. The Morgan fingerprint density at radius 2 is 1.81 bits per heavy atom. The van der Waals surface area contributed by atoms with Crippen LogP contribution in [-0.4, -0.2) is 35.3 Å². The zero-order chi connectivity index (χ0) is 19.2. The molecule has 1 N–H and O–H groups in total. The molecular weight excluding hydrogens is 342 g/mol. The highest BCUT2D eigenvalue weighted by Gasteiger charge is 2.59. The summed E-state index contributed by atoms with van der Waals surface area (Å²) in [4.78, 5) is 42.0. The van der Waals surface area contributed by atoms with E-state index in [2.05, 4.69) is 5.32 Å². The van der Waals surface area contributed by atoms with Crippen molar-refractivity contribution >= 4 is 29.1 Å². The molecule has 0 aromatic heterocycles. The average Bonchev–Trinajstić information content (AvgIpc) is 3.05. The minimum atomic E-state index is -1.34. The number of carbonyl (C=O) groups excluding carboxylic acids is 3. The lowest BCUT2D eigenvalue weighted by Crippen LogP contribution is -2.68. The first-order valence-electron chi connectivity index (χ1n) is 9.10. The summed E-state index contributed by atoms with van der Waals surface area (Å²) < 4.78 is 0. The summed E-state index contributed by atoms with van der Waals surface area (Å²) in [5, 5.41) is 2.97. The molecule has 27 heavy (non-hydrogen) atoms. The van der Waals surface area contributed by atoms with E-state index in [1.54, 1.807) is 31.3 Å². The van der Waals surface area contributed by atoms with Crippen molar-refractivity contribution < 1.29 is 14.4 Å². The molecule has 0 unspecified atom stereocenters. The lowest BCUT2D eigenvalue weighted by Gasteiger charge is -2.47. The Kier molecular flexibility index (Phi) is 3.98. The van der Waals surface area contributed by atoms with Crippen LogP contribution in [0.1, 0.15) is 35.7 Å². The number of anilines is 2. The van der Waals surface area contributed by atoms with Gasteiger partial charge in [-0.15, -0.1) is 0 Å². The number of benzene rings is 2. The monoisotopic (exact) mass is 363 g/mol. The highest BCUT2D eigenvalue weighted by Crippen LogP contribution is 2.44. The van der Waals surface area contributed by atoms with Crippen molar-refractivity contribution in [2.45, 2.75) is 31.8 Å². The number of likely N-dealkylation sites (N-methyl/N-ethyl adjacent to an activating group) is 1.